The van der Waals surface area contributed by atoms with Gasteiger partial charge in [0.25, 0.3) is 0 Å². The van der Waals surface area contributed by atoms with Crippen molar-refractivity contribution in [2.75, 3.05) is 0 Å². The molecule has 2 aliphatic rings. The molecule has 2 aliphatic carbocycles. The summed E-state index contributed by atoms with van der Waals surface area (Å²) >= 11 is 0. The molecule has 274 valence electrons. The largest absolute Gasteiger partial charge is 2.00 e. The summed E-state index contributed by atoms with van der Waals surface area (Å²) in [5, 5.41) is 40.7. The van der Waals surface area contributed by atoms with Gasteiger partial charge in [-0.05, 0) is 78.4 Å². The molecule has 55 heavy (non-hydrogen) atoms. The number of hydrogen-bond donors (Lipinski definition) is 1. The Balaban J connectivity index is 0.000000630. The number of phenols is 1. The number of allylic oxidation sites excluding steroid dienone is 6. The van der Waals surface area contributed by atoms with E-state index in [0.717, 1.165) is 33.4 Å². The Hall–Kier alpha value is -6.78. The predicted octanol–water partition coefficient (Wildman–Crippen LogP) is 10.6. The third kappa shape index (κ3) is 9.81. The van der Waals surface area contributed by atoms with Crippen LogP contribution in [0.25, 0.3) is 21.5 Å². The second-order valence-electron chi connectivity index (χ2n) is 11.7. The molecule has 6 aromatic rings. The fourth-order valence-corrected chi connectivity index (χ4v) is 5.44. The number of ether oxygens (including phenoxy) is 2. The van der Waals surface area contributed by atoms with Crippen molar-refractivity contribution in [1.29, 1.82) is 0 Å². The molecule has 0 unspecified atom stereocenters. The van der Waals surface area contributed by atoms with Gasteiger partial charge in [0.15, 0.2) is 0 Å². The minimum atomic E-state index is -0.410. The molecule has 10 nitrogen and oxygen atoms in total. The number of rotatable bonds is 8. The minimum absolute atomic E-state index is 0. The van der Waals surface area contributed by atoms with Crippen LogP contribution in [0.4, 0.5) is 22.7 Å². The van der Waals surface area contributed by atoms with Gasteiger partial charge in [0, 0.05) is 28.9 Å². The Labute approximate surface area is 329 Å². The summed E-state index contributed by atoms with van der Waals surface area (Å²) in [5.74, 6) is 2.05. The van der Waals surface area contributed by atoms with Gasteiger partial charge in [-0.15, -0.1) is 16.5 Å². The van der Waals surface area contributed by atoms with Gasteiger partial charge < -0.3 is 25.2 Å². The maximum absolute atomic E-state index is 12.5. The van der Waals surface area contributed by atoms with Crippen LogP contribution in [-0.2, 0) is 21.9 Å². The summed E-state index contributed by atoms with van der Waals surface area (Å²) in [6, 6.07) is 36.6. The summed E-state index contributed by atoms with van der Waals surface area (Å²) in [6.45, 7) is 0. The average Bonchev–Trinajstić information content (AvgIpc) is 3.95. The normalized spacial score (nSPS) is 13.0. The molecule has 8 rings (SSSR count). The van der Waals surface area contributed by atoms with E-state index < -0.39 is 5.97 Å². The quantitative estimate of drug-likeness (QED) is 0.0406. The molecule has 0 atom stereocenters. The first-order valence-electron chi connectivity index (χ1n) is 16.6. The van der Waals surface area contributed by atoms with E-state index in [1.54, 1.807) is 61.4 Å². The molecule has 0 saturated heterocycles. The summed E-state index contributed by atoms with van der Waals surface area (Å²) in [6.07, 6.45) is 15.1. The van der Waals surface area contributed by atoms with Crippen molar-refractivity contribution in [2.24, 2.45) is 20.5 Å². The van der Waals surface area contributed by atoms with Crippen molar-refractivity contribution in [3.63, 3.8) is 0 Å². The molecular formula is C44H34FeN4O6. The summed E-state index contributed by atoms with van der Waals surface area (Å²) < 4.78 is 11.7. The van der Waals surface area contributed by atoms with Crippen LogP contribution in [0, 0.1) is 18.8 Å². The SMILES string of the molecule is O.O=C(Oc1ccc(N=Nc2ccc(Oc3ccc(N=Nc4ccc(O)c5ccccc45)cc3)cc2)c2ccccc12)[C]1[CH][CH-]C=C1.[Fe+2].[HH].[O-]C=C1C=CC=C1. The molecule has 0 aromatic heterocycles. The zero-order valence-corrected chi connectivity index (χ0v) is 30.1. The van der Waals surface area contributed by atoms with Gasteiger partial charge in [-0.25, -0.2) is 18.6 Å². The van der Waals surface area contributed by atoms with Crippen LogP contribution in [0.1, 0.15) is 1.43 Å². The van der Waals surface area contributed by atoms with Crippen molar-refractivity contribution in [3.05, 3.63) is 188 Å². The van der Waals surface area contributed by atoms with E-state index in [9.17, 15) is 15.0 Å². The summed E-state index contributed by atoms with van der Waals surface area (Å²) in [7, 11) is 0. The maximum Gasteiger partial charge on any atom is 2.00 e. The van der Waals surface area contributed by atoms with Crippen molar-refractivity contribution in [2.45, 2.75) is 0 Å². The van der Waals surface area contributed by atoms with Crippen LogP contribution < -0.4 is 14.6 Å². The fourth-order valence-electron chi connectivity index (χ4n) is 5.44. The molecule has 2 radical (unpaired) electrons. The van der Waals surface area contributed by atoms with Crippen molar-refractivity contribution < 1.29 is 48.5 Å². The Kier molecular flexibility index (Phi) is 13.5. The van der Waals surface area contributed by atoms with Crippen LogP contribution in [0.5, 0.6) is 23.0 Å². The van der Waals surface area contributed by atoms with Crippen LogP contribution in [0.2, 0.25) is 0 Å². The van der Waals surface area contributed by atoms with Gasteiger partial charge in [0.1, 0.15) is 23.0 Å². The molecule has 6 aromatic carbocycles. The first-order valence-corrected chi connectivity index (χ1v) is 16.6. The zero-order valence-electron chi connectivity index (χ0n) is 29.0. The number of nitrogens with zero attached hydrogens (tertiary/aromatic N) is 4. The third-order valence-electron chi connectivity index (χ3n) is 8.12. The molecule has 0 spiro atoms. The summed E-state index contributed by atoms with van der Waals surface area (Å²) in [4.78, 5) is 12.5. The summed E-state index contributed by atoms with van der Waals surface area (Å²) in [5.41, 5.74) is 3.40. The van der Waals surface area contributed by atoms with E-state index in [-0.39, 0.29) is 29.7 Å². The minimum Gasteiger partial charge on any atom is -0.877 e. The van der Waals surface area contributed by atoms with E-state index in [2.05, 4.69) is 20.5 Å². The van der Waals surface area contributed by atoms with E-state index in [1.807, 2.05) is 109 Å². The number of carbonyl (C=O) groups excluding carboxylic acids is 1. The third-order valence-corrected chi connectivity index (χ3v) is 8.12. The Morgan fingerprint density at radius 2 is 1.18 bits per heavy atom. The van der Waals surface area contributed by atoms with Crippen LogP contribution in [0.3, 0.4) is 0 Å². The van der Waals surface area contributed by atoms with Gasteiger partial charge in [-0.3, -0.25) is 4.79 Å². The molecule has 0 fully saturated rings. The van der Waals surface area contributed by atoms with E-state index in [4.69, 9.17) is 9.47 Å². The van der Waals surface area contributed by atoms with Gasteiger partial charge in [0.2, 0.25) is 0 Å². The molecule has 0 heterocycles. The number of azo groups is 2. The second-order valence-corrected chi connectivity index (χ2v) is 11.7. The van der Waals surface area contributed by atoms with Crippen LogP contribution in [0.15, 0.2) is 190 Å². The number of aromatic hydroxyl groups is 1. The number of benzene rings is 6. The Morgan fingerprint density at radius 3 is 1.71 bits per heavy atom. The number of esters is 1. The first-order chi connectivity index (χ1) is 26.0. The number of carbonyl (C=O) groups is 1. The zero-order chi connectivity index (χ0) is 36.4. The van der Waals surface area contributed by atoms with Gasteiger partial charge in [0.05, 0.1) is 22.7 Å². The molecule has 11 heteroatoms. The molecule has 3 N–H and O–H groups in total. The van der Waals surface area contributed by atoms with E-state index in [0.29, 0.717) is 45.9 Å². The van der Waals surface area contributed by atoms with E-state index >= 15 is 0 Å². The van der Waals surface area contributed by atoms with Gasteiger partial charge in [-0.2, -0.15) is 10.2 Å². The van der Waals surface area contributed by atoms with Crippen molar-refractivity contribution in [1.82, 2.24) is 0 Å². The number of fused-ring (bicyclic) bond motifs is 2. The first kappa shape index (κ1) is 39.4. The smallest absolute Gasteiger partial charge is 0.877 e. The standard InChI is InChI=1S/C38H25N4O4.C6H6O.Fe.H2O.H2/c43-36-23-21-34(30-9-3-5-11-32(30)36)41-39-26-13-17-28(18-14-26)45-29-19-15-27(16-20-29)40-42-35-22-24-37(33-12-6-4-10-31(33)35)46-38(44)25-7-1-2-8-25;7-5-6-3-1-2-4-6;;;/h1-24,43H;1-5,7H;;1H2;1H/q-1;;+2;;/p-1. The Bertz CT molecular complexity index is 2450. The topological polar surface area (TPSA) is 160 Å². The maximum atomic E-state index is 12.5. The Morgan fingerprint density at radius 1 is 0.655 bits per heavy atom. The molecule has 0 saturated carbocycles. The molecular weight excluding hydrogens is 736 g/mol. The average molecular weight is 771 g/mol. The molecule has 0 bridgehead atoms. The van der Waals surface area contributed by atoms with Crippen molar-refractivity contribution in [3.8, 4) is 23.0 Å². The molecule has 0 amide bonds. The number of phenolic OH excluding ortho intramolecular Hbond substituents is 1. The predicted molar refractivity (Wildman–Crippen MR) is 210 cm³/mol. The van der Waals surface area contributed by atoms with E-state index in [1.165, 1.54) is 0 Å². The van der Waals surface area contributed by atoms with Crippen LogP contribution >= 0.6 is 0 Å². The molecule has 0 aliphatic heterocycles. The second kappa shape index (κ2) is 18.8. The van der Waals surface area contributed by atoms with Gasteiger partial charge in [-0.1, -0.05) is 79.3 Å². The number of hydrogen-bond acceptors (Lipinski definition) is 9. The van der Waals surface area contributed by atoms with Crippen molar-refractivity contribution >= 4 is 50.3 Å². The van der Waals surface area contributed by atoms with Gasteiger partial charge >= 0.3 is 23.0 Å². The fraction of sp³-hybridized carbons (Fsp3) is 0. The van der Waals surface area contributed by atoms with Crippen LogP contribution in [-0.4, -0.2) is 16.6 Å². The monoisotopic (exact) mass is 770 g/mol.